The summed E-state index contributed by atoms with van der Waals surface area (Å²) >= 11 is 5.81. The molecule has 1 heterocycles. The van der Waals surface area contributed by atoms with E-state index in [0.717, 1.165) is 23.6 Å². The summed E-state index contributed by atoms with van der Waals surface area (Å²) in [6, 6.07) is 9.15. The van der Waals surface area contributed by atoms with Gasteiger partial charge in [0, 0.05) is 22.8 Å². The van der Waals surface area contributed by atoms with Gasteiger partial charge in [0.1, 0.15) is 12.4 Å². The summed E-state index contributed by atoms with van der Waals surface area (Å²) in [5.41, 5.74) is 7.41. The zero-order valence-electron chi connectivity index (χ0n) is 10.8. The molecule has 1 aromatic heterocycles. The van der Waals surface area contributed by atoms with Crippen molar-refractivity contribution in [2.75, 3.05) is 6.54 Å². The Morgan fingerprint density at radius 1 is 1.21 bits per heavy atom. The maximum Gasteiger partial charge on any atom is 0.166 e. The maximum absolute atomic E-state index is 5.81. The van der Waals surface area contributed by atoms with Crippen LogP contribution in [0.4, 0.5) is 0 Å². The van der Waals surface area contributed by atoms with Crippen molar-refractivity contribution in [1.82, 2.24) is 9.97 Å². The molecule has 0 aliphatic rings. The minimum atomic E-state index is 0.334. The van der Waals surface area contributed by atoms with Crippen LogP contribution in [0.2, 0.25) is 5.02 Å². The second-order valence-electron chi connectivity index (χ2n) is 4.20. The zero-order valence-corrected chi connectivity index (χ0v) is 11.5. The predicted molar refractivity (Wildman–Crippen MR) is 75.3 cm³/mol. The van der Waals surface area contributed by atoms with Crippen molar-refractivity contribution in [3.8, 4) is 5.75 Å². The number of benzene rings is 1. The molecule has 0 saturated carbocycles. The third-order valence-corrected chi connectivity index (χ3v) is 2.79. The first-order chi connectivity index (χ1) is 9.17. The van der Waals surface area contributed by atoms with E-state index < -0.39 is 0 Å². The summed E-state index contributed by atoms with van der Waals surface area (Å²) in [7, 11) is 0. The normalized spacial score (nSPS) is 10.5. The Hall–Kier alpha value is -1.65. The monoisotopic (exact) mass is 277 g/mol. The highest BCUT2D eigenvalue weighted by atomic mass is 35.5. The van der Waals surface area contributed by atoms with E-state index in [1.807, 2.05) is 25.1 Å². The maximum atomic E-state index is 5.81. The fourth-order valence-corrected chi connectivity index (χ4v) is 1.85. The van der Waals surface area contributed by atoms with Crippen molar-refractivity contribution >= 4 is 11.6 Å². The van der Waals surface area contributed by atoms with Gasteiger partial charge < -0.3 is 10.5 Å². The highest BCUT2D eigenvalue weighted by molar-refractivity contribution is 6.30. The van der Waals surface area contributed by atoms with Gasteiger partial charge in [-0.1, -0.05) is 11.6 Å². The molecule has 0 radical (unpaired) electrons. The quantitative estimate of drug-likeness (QED) is 0.912. The van der Waals surface area contributed by atoms with Crippen LogP contribution in [0.25, 0.3) is 0 Å². The topological polar surface area (TPSA) is 61.0 Å². The molecule has 0 aliphatic heterocycles. The van der Waals surface area contributed by atoms with Gasteiger partial charge in [0.2, 0.25) is 0 Å². The van der Waals surface area contributed by atoms with Gasteiger partial charge in [-0.3, -0.25) is 0 Å². The van der Waals surface area contributed by atoms with E-state index in [4.69, 9.17) is 22.1 Å². The summed E-state index contributed by atoms with van der Waals surface area (Å²) in [6.07, 6.45) is 0.747. The molecular formula is C14H16ClN3O. The van der Waals surface area contributed by atoms with Crippen LogP contribution in [0.15, 0.2) is 30.3 Å². The van der Waals surface area contributed by atoms with E-state index in [1.54, 1.807) is 12.1 Å². The molecule has 0 spiro atoms. The molecule has 0 amide bonds. The summed E-state index contributed by atoms with van der Waals surface area (Å²) in [5.74, 6) is 1.41. The van der Waals surface area contributed by atoms with Gasteiger partial charge >= 0.3 is 0 Å². The van der Waals surface area contributed by atoms with Crippen molar-refractivity contribution < 1.29 is 4.74 Å². The Balaban J connectivity index is 2.04. The third kappa shape index (κ3) is 4.19. The van der Waals surface area contributed by atoms with Crippen LogP contribution in [0, 0.1) is 6.92 Å². The average Bonchev–Trinajstić information content (AvgIpc) is 2.38. The summed E-state index contributed by atoms with van der Waals surface area (Å²) in [5, 5.41) is 0.685. The first-order valence-electron chi connectivity index (χ1n) is 6.09. The minimum Gasteiger partial charge on any atom is -0.486 e. The molecule has 4 nitrogen and oxygen atoms in total. The van der Waals surface area contributed by atoms with Crippen LogP contribution in [-0.2, 0) is 13.0 Å². The van der Waals surface area contributed by atoms with Crippen molar-refractivity contribution in [1.29, 1.82) is 0 Å². The number of aryl methyl sites for hydroxylation is 1. The Labute approximate surface area is 117 Å². The molecular weight excluding hydrogens is 262 g/mol. The molecule has 2 aromatic rings. The van der Waals surface area contributed by atoms with Crippen LogP contribution in [-0.4, -0.2) is 16.5 Å². The molecule has 0 aliphatic carbocycles. The Morgan fingerprint density at radius 3 is 2.63 bits per heavy atom. The fraction of sp³-hybridized carbons (Fsp3) is 0.286. The molecule has 1 aromatic carbocycles. The zero-order chi connectivity index (χ0) is 13.7. The number of hydrogen-bond donors (Lipinski definition) is 1. The Kier molecular flexibility index (Phi) is 4.71. The number of nitrogens with two attached hydrogens (primary N) is 1. The molecule has 100 valence electrons. The summed E-state index contributed by atoms with van der Waals surface area (Å²) in [6.45, 7) is 2.85. The summed E-state index contributed by atoms with van der Waals surface area (Å²) in [4.78, 5) is 8.76. The van der Waals surface area contributed by atoms with Gasteiger partial charge in [0.05, 0.1) is 0 Å². The van der Waals surface area contributed by atoms with Crippen molar-refractivity contribution in [2.45, 2.75) is 20.0 Å². The molecule has 0 atom stereocenters. The van der Waals surface area contributed by atoms with Crippen LogP contribution >= 0.6 is 11.6 Å². The SMILES string of the molecule is Cc1cc(CCN)nc(COc2ccc(Cl)cc2)n1. The first-order valence-corrected chi connectivity index (χ1v) is 6.47. The molecule has 19 heavy (non-hydrogen) atoms. The van der Waals surface area contributed by atoms with Gasteiger partial charge in [-0.25, -0.2) is 9.97 Å². The molecule has 0 bridgehead atoms. The largest absolute Gasteiger partial charge is 0.486 e. The molecule has 0 unspecified atom stereocenters. The van der Waals surface area contributed by atoms with Crippen LogP contribution in [0.5, 0.6) is 5.75 Å². The number of hydrogen-bond acceptors (Lipinski definition) is 4. The van der Waals surface area contributed by atoms with E-state index in [0.29, 0.717) is 24.0 Å². The van der Waals surface area contributed by atoms with E-state index in [9.17, 15) is 0 Å². The molecule has 0 saturated heterocycles. The molecule has 2 rings (SSSR count). The second-order valence-corrected chi connectivity index (χ2v) is 4.63. The van der Waals surface area contributed by atoms with E-state index >= 15 is 0 Å². The lowest BCUT2D eigenvalue weighted by Crippen LogP contribution is -2.09. The lowest BCUT2D eigenvalue weighted by Gasteiger charge is -2.07. The van der Waals surface area contributed by atoms with E-state index in [-0.39, 0.29) is 0 Å². The van der Waals surface area contributed by atoms with E-state index in [1.165, 1.54) is 0 Å². The lowest BCUT2D eigenvalue weighted by atomic mass is 10.2. The number of halogens is 1. The fourth-order valence-electron chi connectivity index (χ4n) is 1.72. The molecule has 5 heteroatoms. The third-order valence-electron chi connectivity index (χ3n) is 2.54. The number of aromatic nitrogens is 2. The number of ether oxygens (including phenoxy) is 1. The van der Waals surface area contributed by atoms with Crippen molar-refractivity contribution in [3.63, 3.8) is 0 Å². The average molecular weight is 278 g/mol. The van der Waals surface area contributed by atoms with Gasteiger partial charge in [-0.2, -0.15) is 0 Å². The van der Waals surface area contributed by atoms with Crippen molar-refractivity contribution in [2.24, 2.45) is 5.73 Å². The van der Waals surface area contributed by atoms with Crippen LogP contribution < -0.4 is 10.5 Å². The predicted octanol–water partition coefficient (Wildman–Crippen LogP) is 2.52. The lowest BCUT2D eigenvalue weighted by molar-refractivity contribution is 0.295. The molecule has 0 fully saturated rings. The van der Waals surface area contributed by atoms with Gasteiger partial charge in [-0.05, 0) is 43.8 Å². The Bertz CT molecular complexity index is 543. The minimum absolute atomic E-state index is 0.334. The summed E-state index contributed by atoms with van der Waals surface area (Å²) < 4.78 is 5.62. The van der Waals surface area contributed by atoms with Gasteiger partial charge in [-0.15, -0.1) is 0 Å². The number of nitrogens with zero attached hydrogens (tertiary/aromatic N) is 2. The van der Waals surface area contributed by atoms with Crippen molar-refractivity contribution in [3.05, 3.63) is 52.6 Å². The van der Waals surface area contributed by atoms with E-state index in [2.05, 4.69) is 9.97 Å². The number of rotatable bonds is 5. The second kappa shape index (κ2) is 6.50. The Morgan fingerprint density at radius 2 is 1.95 bits per heavy atom. The van der Waals surface area contributed by atoms with Gasteiger partial charge in [0.15, 0.2) is 5.82 Å². The molecule has 2 N–H and O–H groups in total. The first kappa shape index (κ1) is 13.8. The van der Waals surface area contributed by atoms with Crippen LogP contribution in [0.1, 0.15) is 17.2 Å². The van der Waals surface area contributed by atoms with Gasteiger partial charge in [0.25, 0.3) is 0 Å². The van der Waals surface area contributed by atoms with Crippen LogP contribution in [0.3, 0.4) is 0 Å². The smallest absolute Gasteiger partial charge is 0.166 e. The standard InChI is InChI=1S/C14H16ClN3O/c1-10-8-12(6-7-16)18-14(17-10)9-19-13-4-2-11(15)3-5-13/h2-5,8H,6-7,9,16H2,1H3. The highest BCUT2D eigenvalue weighted by Crippen LogP contribution is 2.16. The highest BCUT2D eigenvalue weighted by Gasteiger charge is 2.03.